The zero-order valence-electron chi connectivity index (χ0n) is 24.0. The van der Waals surface area contributed by atoms with Gasteiger partial charge in [0, 0.05) is 22.6 Å². The number of rotatable bonds is 12. The Morgan fingerprint density at radius 2 is 1.69 bits per heavy atom. The van der Waals surface area contributed by atoms with Crippen LogP contribution >= 0.6 is 39.1 Å². The molecule has 42 heavy (non-hydrogen) atoms. The average molecular weight is 699 g/mol. The van der Waals surface area contributed by atoms with Crippen LogP contribution in [0.5, 0.6) is 5.75 Å². The third-order valence-corrected chi connectivity index (χ3v) is 9.46. The molecule has 8 nitrogen and oxygen atoms in total. The number of carbonyl (C=O) groups excluding carboxylic acids is 2. The summed E-state index contributed by atoms with van der Waals surface area (Å²) in [6, 6.07) is 15.0. The number of nitrogens with zero attached hydrogens (tertiary/aromatic N) is 2. The number of carbonyl (C=O) groups is 2. The molecule has 0 bridgehead atoms. The van der Waals surface area contributed by atoms with E-state index in [-0.39, 0.29) is 29.8 Å². The number of nitrogens with one attached hydrogen (secondary N) is 1. The minimum absolute atomic E-state index is 0.0330. The van der Waals surface area contributed by atoms with Crippen molar-refractivity contribution in [2.45, 2.75) is 57.6 Å². The van der Waals surface area contributed by atoms with Crippen LogP contribution in [0, 0.1) is 6.92 Å². The van der Waals surface area contributed by atoms with Crippen molar-refractivity contribution >= 4 is 66.7 Å². The summed E-state index contributed by atoms with van der Waals surface area (Å²) in [5.41, 5.74) is 1.78. The van der Waals surface area contributed by atoms with Crippen molar-refractivity contribution in [3.8, 4) is 5.75 Å². The molecular formula is C30H34BrCl2N3O5S. The monoisotopic (exact) mass is 697 g/mol. The van der Waals surface area contributed by atoms with Gasteiger partial charge in [-0.25, -0.2) is 8.42 Å². The third kappa shape index (κ3) is 8.18. The molecule has 12 heteroatoms. The predicted octanol–water partition coefficient (Wildman–Crippen LogP) is 6.60. The lowest BCUT2D eigenvalue weighted by atomic mass is 10.1. The van der Waals surface area contributed by atoms with Crippen LogP contribution in [0.3, 0.4) is 0 Å². The van der Waals surface area contributed by atoms with Crippen molar-refractivity contribution in [1.82, 2.24) is 10.2 Å². The van der Waals surface area contributed by atoms with Gasteiger partial charge < -0.3 is 15.0 Å². The summed E-state index contributed by atoms with van der Waals surface area (Å²) in [5, 5.41) is 3.62. The highest BCUT2D eigenvalue weighted by molar-refractivity contribution is 9.10. The van der Waals surface area contributed by atoms with E-state index in [0.29, 0.717) is 31.5 Å². The molecule has 2 amide bonds. The number of sulfonamides is 1. The van der Waals surface area contributed by atoms with Crippen molar-refractivity contribution < 1.29 is 22.7 Å². The number of halogens is 3. The molecule has 1 N–H and O–H groups in total. The summed E-state index contributed by atoms with van der Waals surface area (Å²) in [6.07, 6.45) is 0.290. The lowest BCUT2D eigenvalue weighted by Crippen LogP contribution is -2.53. The van der Waals surface area contributed by atoms with Gasteiger partial charge in [-0.2, -0.15) is 0 Å². The zero-order valence-corrected chi connectivity index (χ0v) is 27.9. The summed E-state index contributed by atoms with van der Waals surface area (Å²) < 4.78 is 34.9. The maximum Gasteiger partial charge on any atom is 0.264 e. The van der Waals surface area contributed by atoms with Crippen molar-refractivity contribution in [2.75, 3.05) is 18.0 Å². The largest absolute Gasteiger partial charge is 0.496 e. The Labute approximate surface area is 266 Å². The van der Waals surface area contributed by atoms with Gasteiger partial charge in [-0.05, 0) is 91.1 Å². The topological polar surface area (TPSA) is 96.0 Å². The van der Waals surface area contributed by atoms with E-state index in [2.05, 4.69) is 21.2 Å². The number of amides is 2. The Bertz CT molecular complexity index is 1530. The molecule has 0 aromatic heterocycles. The molecule has 0 spiro atoms. The highest BCUT2D eigenvalue weighted by Gasteiger charge is 2.34. The van der Waals surface area contributed by atoms with Gasteiger partial charge in [0.1, 0.15) is 18.3 Å². The molecule has 0 radical (unpaired) electrons. The zero-order chi connectivity index (χ0) is 31.2. The number of hydrogen-bond donors (Lipinski definition) is 1. The molecule has 3 rings (SSSR count). The van der Waals surface area contributed by atoms with Gasteiger partial charge in [0.25, 0.3) is 10.0 Å². The van der Waals surface area contributed by atoms with Crippen molar-refractivity contribution in [3.05, 3.63) is 86.3 Å². The van der Waals surface area contributed by atoms with Crippen LogP contribution in [-0.4, -0.2) is 50.9 Å². The maximum absolute atomic E-state index is 14.2. The molecular weight excluding hydrogens is 665 g/mol. The molecule has 3 aromatic rings. The van der Waals surface area contributed by atoms with Gasteiger partial charge >= 0.3 is 0 Å². The fourth-order valence-corrected chi connectivity index (χ4v) is 6.91. The van der Waals surface area contributed by atoms with Crippen molar-refractivity contribution in [3.63, 3.8) is 0 Å². The molecule has 0 saturated carbocycles. The summed E-state index contributed by atoms with van der Waals surface area (Å²) in [4.78, 5) is 28.7. The highest BCUT2D eigenvalue weighted by Crippen LogP contribution is 2.31. The van der Waals surface area contributed by atoms with Crippen LogP contribution in [0.15, 0.2) is 70.0 Å². The van der Waals surface area contributed by atoms with Crippen molar-refractivity contribution in [2.24, 2.45) is 0 Å². The Morgan fingerprint density at radius 1 is 1.02 bits per heavy atom. The van der Waals surface area contributed by atoms with E-state index in [9.17, 15) is 18.0 Å². The standard InChI is InChI=1S/C30H34BrCl2N3O5S/c1-6-27(30(38)34-19(2)3)35(17-21-9-10-22(32)15-26(21)33)29(37)18-36(23-11-7-20(4)8-12-23)42(39,40)24-13-14-28(41-5)25(31)16-24/h7-16,19,27H,6,17-18H2,1-5H3,(H,34,38)/t27-/m1/s1. The van der Waals surface area contributed by atoms with Gasteiger partial charge in [-0.3, -0.25) is 13.9 Å². The predicted molar refractivity (Wildman–Crippen MR) is 171 cm³/mol. The lowest BCUT2D eigenvalue weighted by Gasteiger charge is -2.33. The van der Waals surface area contributed by atoms with E-state index in [1.807, 2.05) is 20.8 Å². The smallest absolute Gasteiger partial charge is 0.264 e. The number of ether oxygens (including phenoxy) is 1. The Hall–Kier alpha value is -2.79. The van der Waals surface area contributed by atoms with Crippen LogP contribution in [0.2, 0.25) is 10.0 Å². The van der Waals surface area contributed by atoms with E-state index in [1.165, 1.54) is 30.2 Å². The minimum atomic E-state index is -4.25. The van der Waals surface area contributed by atoms with Crippen LogP contribution in [0.4, 0.5) is 5.69 Å². The lowest BCUT2D eigenvalue weighted by molar-refractivity contribution is -0.140. The van der Waals surface area contributed by atoms with E-state index in [0.717, 1.165) is 9.87 Å². The first-order chi connectivity index (χ1) is 19.8. The van der Waals surface area contributed by atoms with Crippen LogP contribution in [-0.2, 0) is 26.2 Å². The second-order valence-corrected chi connectivity index (χ2v) is 13.5. The molecule has 0 saturated heterocycles. The summed E-state index contributed by atoms with van der Waals surface area (Å²) in [6.45, 7) is 6.72. The Kier molecular flexibility index (Phi) is 11.7. The van der Waals surface area contributed by atoms with E-state index in [1.54, 1.807) is 49.4 Å². The molecule has 0 aliphatic carbocycles. The van der Waals surface area contributed by atoms with Crippen LogP contribution < -0.4 is 14.4 Å². The first-order valence-corrected chi connectivity index (χ1v) is 16.2. The second-order valence-electron chi connectivity index (χ2n) is 9.99. The summed E-state index contributed by atoms with van der Waals surface area (Å²) in [5.74, 6) is -0.474. The highest BCUT2D eigenvalue weighted by atomic mass is 79.9. The van der Waals surface area contributed by atoms with Crippen LogP contribution in [0.25, 0.3) is 0 Å². The number of anilines is 1. The molecule has 226 valence electrons. The molecule has 1 atom stereocenters. The third-order valence-electron chi connectivity index (χ3n) is 6.48. The SMILES string of the molecule is CC[C@H](C(=O)NC(C)C)N(Cc1ccc(Cl)cc1Cl)C(=O)CN(c1ccc(C)cc1)S(=O)(=O)c1ccc(OC)c(Br)c1. The average Bonchev–Trinajstić information content (AvgIpc) is 2.92. The van der Waals surface area contributed by atoms with E-state index < -0.39 is 28.5 Å². The molecule has 0 aliphatic heterocycles. The number of benzene rings is 3. The minimum Gasteiger partial charge on any atom is -0.496 e. The second kappa shape index (κ2) is 14.6. The number of aryl methyl sites for hydroxylation is 1. The first kappa shape index (κ1) is 33.7. The van der Waals surface area contributed by atoms with E-state index in [4.69, 9.17) is 27.9 Å². The summed E-state index contributed by atoms with van der Waals surface area (Å²) >= 11 is 15.9. The van der Waals surface area contributed by atoms with Gasteiger partial charge in [-0.15, -0.1) is 0 Å². The normalized spacial score (nSPS) is 12.1. The van der Waals surface area contributed by atoms with Crippen LogP contribution in [0.1, 0.15) is 38.3 Å². The molecule has 3 aromatic carbocycles. The molecule has 0 aliphatic rings. The Balaban J connectivity index is 2.10. The van der Waals surface area contributed by atoms with Gasteiger partial charge in [0.2, 0.25) is 11.8 Å². The van der Waals surface area contributed by atoms with E-state index >= 15 is 0 Å². The van der Waals surface area contributed by atoms with Gasteiger partial charge in [0.15, 0.2) is 0 Å². The molecule has 0 fully saturated rings. The first-order valence-electron chi connectivity index (χ1n) is 13.2. The van der Waals surface area contributed by atoms with Gasteiger partial charge in [0.05, 0.1) is 22.2 Å². The quantitative estimate of drug-likeness (QED) is 0.230. The molecule has 0 heterocycles. The fraction of sp³-hybridized carbons (Fsp3) is 0.333. The van der Waals surface area contributed by atoms with Crippen molar-refractivity contribution in [1.29, 1.82) is 0 Å². The number of hydrogen-bond acceptors (Lipinski definition) is 5. The number of methoxy groups -OCH3 is 1. The fourth-order valence-electron chi connectivity index (χ4n) is 4.31. The Morgan fingerprint density at radius 3 is 2.24 bits per heavy atom. The summed E-state index contributed by atoms with van der Waals surface area (Å²) in [7, 11) is -2.77. The maximum atomic E-state index is 14.2. The molecule has 0 unspecified atom stereocenters. The van der Waals surface area contributed by atoms with Gasteiger partial charge in [-0.1, -0.05) is 53.9 Å².